The molecule has 1 unspecified atom stereocenters. The third-order valence-corrected chi connectivity index (χ3v) is 5.74. The van der Waals surface area contributed by atoms with E-state index in [0.717, 1.165) is 48.8 Å². The second-order valence-corrected chi connectivity index (χ2v) is 8.61. The highest BCUT2D eigenvalue weighted by Gasteiger charge is 2.09. The van der Waals surface area contributed by atoms with Crippen molar-refractivity contribution < 1.29 is 13.9 Å². The molecule has 4 heteroatoms. The number of nitrogens with zero attached hydrogens (tertiary/aromatic N) is 1. The molecule has 3 aromatic rings. The summed E-state index contributed by atoms with van der Waals surface area (Å²) in [6.07, 6.45) is 13.2. The van der Waals surface area contributed by atoms with Crippen LogP contribution in [0.4, 0.5) is 4.39 Å². The minimum absolute atomic E-state index is 0.326. The van der Waals surface area contributed by atoms with Crippen LogP contribution in [0.1, 0.15) is 57.9 Å². The van der Waals surface area contributed by atoms with Gasteiger partial charge in [0.1, 0.15) is 18.2 Å². The Hall–Kier alpha value is -2.98. The molecule has 34 heavy (non-hydrogen) atoms. The van der Waals surface area contributed by atoms with Crippen LogP contribution in [0.25, 0.3) is 28.2 Å². The lowest BCUT2D eigenvalue weighted by atomic mass is 10.1. The Morgan fingerprint density at radius 2 is 1.94 bits per heavy atom. The van der Waals surface area contributed by atoms with E-state index in [0.29, 0.717) is 29.7 Å². The summed E-state index contributed by atoms with van der Waals surface area (Å²) in [5.74, 6) is 0.126. The normalized spacial score (nSPS) is 12.3. The number of halogens is 1. The van der Waals surface area contributed by atoms with Gasteiger partial charge in [0.15, 0.2) is 0 Å². The number of allylic oxidation sites excluding steroid dienone is 1. The van der Waals surface area contributed by atoms with Crippen molar-refractivity contribution in [2.24, 2.45) is 0 Å². The molecule has 0 aliphatic rings. The number of hydrogen-bond acceptors (Lipinski definition) is 3. The predicted molar refractivity (Wildman–Crippen MR) is 141 cm³/mol. The maximum absolute atomic E-state index is 14.6. The van der Waals surface area contributed by atoms with E-state index < -0.39 is 0 Å². The van der Waals surface area contributed by atoms with Crippen molar-refractivity contribution >= 4 is 17.0 Å². The summed E-state index contributed by atoms with van der Waals surface area (Å²) in [6.45, 7) is 9.20. The lowest BCUT2D eigenvalue weighted by Crippen LogP contribution is -2.08. The number of hydrogen-bond donors (Lipinski definition) is 0. The van der Waals surface area contributed by atoms with Crippen molar-refractivity contribution in [2.75, 3.05) is 13.2 Å². The average molecular weight is 462 g/mol. The topological polar surface area (TPSA) is 31.4 Å². The van der Waals surface area contributed by atoms with Gasteiger partial charge in [-0.2, -0.15) is 0 Å². The van der Waals surface area contributed by atoms with Crippen molar-refractivity contribution in [3.05, 3.63) is 78.6 Å². The summed E-state index contributed by atoms with van der Waals surface area (Å²) in [5, 5.41) is 1.03. The molecule has 180 valence electrons. The minimum Gasteiger partial charge on any atom is -0.489 e. The highest BCUT2D eigenvalue weighted by Crippen LogP contribution is 2.27. The Balaban J connectivity index is 1.55. The van der Waals surface area contributed by atoms with Crippen LogP contribution in [-0.2, 0) is 4.74 Å². The van der Waals surface area contributed by atoms with Gasteiger partial charge in [0.05, 0.1) is 17.3 Å². The number of unbranched alkanes of at least 4 members (excludes halogenated alkanes) is 3. The predicted octanol–water partition coefficient (Wildman–Crippen LogP) is 8.38. The number of rotatable bonds is 14. The summed E-state index contributed by atoms with van der Waals surface area (Å²) in [5.41, 5.74) is 3.05. The molecular weight excluding hydrogens is 425 g/mol. The standard InChI is InChI=1S/C30H36FNO2/c1-4-6-10-20-33-23(3)11-8-7-9-12-24-13-17-29-25(21-24)14-18-30(32-29)27-16-15-26(22-28(27)31)34-19-5-2/h5,9,12-18,21-23H,2,4,6-8,10-11,19-20H2,1,3H3. The Kier molecular flexibility index (Phi) is 10.3. The van der Waals surface area contributed by atoms with Gasteiger partial charge in [-0.15, -0.1) is 0 Å². The Morgan fingerprint density at radius 1 is 1.06 bits per heavy atom. The number of ether oxygens (including phenoxy) is 2. The van der Waals surface area contributed by atoms with Gasteiger partial charge in [0.2, 0.25) is 0 Å². The third-order valence-electron chi connectivity index (χ3n) is 5.74. The molecule has 0 aliphatic heterocycles. The van der Waals surface area contributed by atoms with Crippen LogP contribution in [-0.4, -0.2) is 24.3 Å². The van der Waals surface area contributed by atoms with Crippen LogP contribution < -0.4 is 4.74 Å². The van der Waals surface area contributed by atoms with Gasteiger partial charge in [-0.1, -0.05) is 56.7 Å². The third kappa shape index (κ3) is 7.81. The van der Waals surface area contributed by atoms with E-state index in [1.54, 1.807) is 18.2 Å². The van der Waals surface area contributed by atoms with Gasteiger partial charge < -0.3 is 9.47 Å². The Bertz CT molecular complexity index is 1090. The monoisotopic (exact) mass is 461 g/mol. The average Bonchev–Trinajstić information content (AvgIpc) is 2.85. The largest absolute Gasteiger partial charge is 0.489 e. The summed E-state index contributed by atoms with van der Waals surface area (Å²) in [6, 6.07) is 14.9. The van der Waals surface area contributed by atoms with Crippen molar-refractivity contribution in [1.29, 1.82) is 0 Å². The molecule has 1 atom stereocenters. The fourth-order valence-electron chi connectivity index (χ4n) is 3.81. The zero-order valence-electron chi connectivity index (χ0n) is 20.4. The second-order valence-electron chi connectivity index (χ2n) is 8.61. The first-order valence-electron chi connectivity index (χ1n) is 12.3. The van der Waals surface area contributed by atoms with Crippen molar-refractivity contribution in [1.82, 2.24) is 4.98 Å². The molecular formula is C30H36FNO2. The van der Waals surface area contributed by atoms with Crippen molar-refractivity contribution in [3.8, 4) is 17.0 Å². The van der Waals surface area contributed by atoms with Crippen LogP contribution in [0.5, 0.6) is 5.75 Å². The van der Waals surface area contributed by atoms with Crippen LogP contribution >= 0.6 is 0 Å². The molecule has 0 aliphatic carbocycles. The molecule has 0 spiro atoms. The van der Waals surface area contributed by atoms with E-state index in [2.05, 4.69) is 49.7 Å². The lowest BCUT2D eigenvalue weighted by molar-refractivity contribution is 0.0566. The Labute approximate surface area is 203 Å². The molecule has 0 radical (unpaired) electrons. The van der Waals surface area contributed by atoms with E-state index >= 15 is 0 Å². The SMILES string of the molecule is C=CCOc1ccc(-c2ccc3cc(C=CCCCC(C)OCCCCC)ccc3n2)c(F)c1. The van der Waals surface area contributed by atoms with Crippen LogP contribution in [0, 0.1) is 5.82 Å². The van der Waals surface area contributed by atoms with E-state index in [1.165, 1.54) is 18.9 Å². The Morgan fingerprint density at radius 3 is 2.74 bits per heavy atom. The summed E-state index contributed by atoms with van der Waals surface area (Å²) < 4.78 is 25.9. The first-order valence-corrected chi connectivity index (χ1v) is 12.3. The molecule has 2 aromatic carbocycles. The van der Waals surface area contributed by atoms with Crippen LogP contribution in [0.15, 0.2) is 67.3 Å². The first kappa shape index (κ1) is 25.6. The van der Waals surface area contributed by atoms with Gasteiger partial charge >= 0.3 is 0 Å². The number of pyridine rings is 1. The highest BCUT2D eigenvalue weighted by molar-refractivity contribution is 5.84. The maximum Gasteiger partial charge on any atom is 0.136 e. The summed E-state index contributed by atoms with van der Waals surface area (Å²) >= 11 is 0. The van der Waals surface area contributed by atoms with E-state index in [9.17, 15) is 4.39 Å². The number of benzene rings is 2. The zero-order chi connectivity index (χ0) is 24.2. The first-order chi connectivity index (χ1) is 16.6. The van der Waals surface area contributed by atoms with Crippen LogP contribution in [0.3, 0.4) is 0 Å². The van der Waals surface area contributed by atoms with E-state index in [1.807, 2.05) is 18.2 Å². The molecule has 0 saturated heterocycles. The van der Waals surface area contributed by atoms with E-state index in [-0.39, 0.29) is 5.82 Å². The summed E-state index contributed by atoms with van der Waals surface area (Å²) in [7, 11) is 0. The second kappa shape index (κ2) is 13.7. The molecule has 3 nitrogen and oxygen atoms in total. The quantitative estimate of drug-likeness (QED) is 0.178. The van der Waals surface area contributed by atoms with E-state index in [4.69, 9.17) is 9.47 Å². The smallest absolute Gasteiger partial charge is 0.136 e. The van der Waals surface area contributed by atoms with Gasteiger partial charge in [-0.25, -0.2) is 9.37 Å². The van der Waals surface area contributed by atoms with Crippen molar-refractivity contribution in [3.63, 3.8) is 0 Å². The molecule has 1 aromatic heterocycles. The minimum atomic E-state index is -0.353. The van der Waals surface area contributed by atoms with Gasteiger partial charge in [-0.3, -0.25) is 0 Å². The molecule has 0 fully saturated rings. The fourth-order valence-corrected chi connectivity index (χ4v) is 3.81. The fraction of sp³-hybridized carbons (Fsp3) is 0.367. The van der Waals surface area contributed by atoms with Crippen molar-refractivity contribution in [2.45, 2.75) is 58.5 Å². The number of aromatic nitrogens is 1. The number of fused-ring (bicyclic) bond motifs is 1. The maximum atomic E-state index is 14.6. The van der Waals surface area contributed by atoms with Crippen LogP contribution in [0.2, 0.25) is 0 Å². The molecule has 3 rings (SSSR count). The molecule has 0 bridgehead atoms. The molecule has 1 heterocycles. The molecule has 0 saturated carbocycles. The molecule has 0 N–H and O–H groups in total. The zero-order valence-corrected chi connectivity index (χ0v) is 20.4. The lowest BCUT2D eigenvalue weighted by Gasteiger charge is -2.12. The summed E-state index contributed by atoms with van der Waals surface area (Å²) in [4.78, 5) is 4.67. The van der Waals surface area contributed by atoms with Gasteiger partial charge in [-0.05, 0) is 68.5 Å². The molecule has 0 amide bonds. The van der Waals surface area contributed by atoms with Gasteiger partial charge in [0.25, 0.3) is 0 Å². The van der Waals surface area contributed by atoms with Gasteiger partial charge in [0, 0.05) is 23.6 Å². The highest BCUT2D eigenvalue weighted by atomic mass is 19.1.